The number of aromatic nitrogens is 3. The molecule has 7 heteroatoms. The van der Waals surface area contributed by atoms with E-state index in [0.29, 0.717) is 24.0 Å². The normalized spacial score (nSPS) is 10.2. The summed E-state index contributed by atoms with van der Waals surface area (Å²) in [6.07, 6.45) is 0. The number of nitrogens with zero attached hydrogens (tertiary/aromatic N) is 2. The molecule has 0 radical (unpaired) electrons. The van der Waals surface area contributed by atoms with Crippen LogP contribution in [-0.4, -0.2) is 27.8 Å². The van der Waals surface area contributed by atoms with Gasteiger partial charge in [0.25, 0.3) is 5.82 Å². The molecule has 1 aromatic heterocycles. The first kappa shape index (κ1) is 13.4. The summed E-state index contributed by atoms with van der Waals surface area (Å²) in [7, 11) is 0. The first-order valence-electron chi connectivity index (χ1n) is 5.77. The van der Waals surface area contributed by atoms with Crippen molar-refractivity contribution in [1.82, 2.24) is 15.2 Å². The number of halogens is 1. The van der Waals surface area contributed by atoms with Crippen molar-refractivity contribution in [3.8, 4) is 0 Å². The second-order valence-electron chi connectivity index (χ2n) is 3.69. The molecule has 0 aliphatic carbocycles. The van der Waals surface area contributed by atoms with E-state index in [2.05, 4.69) is 20.5 Å². The summed E-state index contributed by atoms with van der Waals surface area (Å²) >= 11 is 5.79. The SMILES string of the molecule is CCOC(=O)c1n[nH]c(CNc2ccc(Cl)cc2)n1. The lowest BCUT2D eigenvalue weighted by molar-refractivity contribution is 0.0512. The maximum atomic E-state index is 11.4. The number of carbonyl (C=O) groups excluding carboxylic acids is 1. The molecule has 6 nitrogen and oxygen atoms in total. The van der Waals surface area contributed by atoms with E-state index in [-0.39, 0.29) is 5.82 Å². The van der Waals surface area contributed by atoms with Crippen LogP contribution in [-0.2, 0) is 11.3 Å². The van der Waals surface area contributed by atoms with Gasteiger partial charge in [-0.3, -0.25) is 5.10 Å². The highest BCUT2D eigenvalue weighted by Gasteiger charge is 2.12. The van der Waals surface area contributed by atoms with E-state index in [4.69, 9.17) is 16.3 Å². The number of benzene rings is 1. The molecule has 0 fully saturated rings. The van der Waals surface area contributed by atoms with Gasteiger partial charge in [-0.05, 0) is 31.2 Å². The summed E-state index contributed by atoms with van der Waals surface area (Å²) in [5.74, 6) is 0.0595. The molecule has 0 unspecified atom stereocenters. The number of ether oxygens (including phenoxy) is 1. The van der Waals surface area contributed by atoms with Gasteiger partial charge in [0.2, 0.25) is 0 Å². The third kappa shape index (κ3) is 3.69. The van der Waals surface area contributed by atoms with E-state index < -0.39 is 5.97 Å². The van der Waals surface area contributed by atoms with Crippen LogP contribution in [0.15, 0.2) is 24.3 Å². The molecular formula is C12H13ClN4O2. The van der Waals surface area contributed by atoms with Gasteiger partial charge < -0.3 is 10.1 Å². The summed E-state index contributed by atoms with van der Waals surface area (Å²) < 4.78 is 4.80. The Balaban J connectivity index is 1.93. The molecule has 0 amide bonds. The molecule has 0 bridgehead atoms. The lowest BCUT2D eigenvalue weighted by Crippen LogP contribution is -2.07. The minimum atomic E-state index is -0.531. The molecule has 2 rings (SSSR count). The van der Waals surface area contributed by atoms with Crippen LogP contribution in [0.4, 0.5) is 5.69 Å². The Bertz CT molecular complexity index is 553. The lowest BCUT2D eigenvalue weighted by Gasteiger charge is -2.03. The number of hydrogen-bond donors (Lipinski definition) is 2. The van der Waals surface area contributed by atoms with Crippen LogP contribution in [0.2, 0.25) is 5.02 Å². The fourth-order valence-electron chi connectivity index (χ4n) is 1.41. The van der Waals surface area contributed by atoms with E-state index in [0.717, 1.165) is 5.69 Å². The van der Waals surface area contributed by atoms with Gasteiger partial charge in [0.05, 0.1) is 13.2 Å². The predicted octanol–water partition coefficient (Wildman–Crippen LogP) is 2.25. The first-order chi connectivity index (χ1) is 9.19. The van der Waals surface area contributed by atoms with Gasteiger partial charge in [-0.25, -0.2) is 9.78 Å². The zero-order chi connectivity index (χ0) is 13.7. The van der Waals surface area contributed by atoms with Crippen LogP contribution in [0.25, 0.3) is 0 Å². The van der Waals surface area contributed by atoms with Crippen molar-refractivity contribution in [2.24, 2.45) is 0 Å². The van der Waals surface area contributed by atoms with Gasteiger partial charge in [0, 0.05) is 10.7 Å². The first-order valence-corrected chi connectivity index (χ1v) is 6.14. The van der Waals surface area contributed by atoms with Crippen LogP contribution >= 0.6 is 11.6 Å². The molecule has 0 aliphatic rings. The average Bonchev–Trinajstić information content (AvgIpc) is 2.87. The highest BCUT2D eigenvalue weighted by atomic mass is 35.5. The molecule has 0 saturated heterocycles. The third-order valence-corrected chi connectivity index (χ3v) is 2.55. The number of hydrogen-bond acceptors (Lipinski definition) is 5. The van der Waals surface area contributed by atoms with E-state index in [9.17, 15) is 4.79 Å². The molecule has 0 aliphatic heterocycles. The minimum absolute atomic E-state index is 0.0368. The van der Waals surface area contributed by atoms with Crippen molar-refractivity contribution >= 4 is 23.3 Å². The molecule has 2 N–H and O–H groups in total. The zero-order valence-electron chi connectivity index (χ0n) is 10.3. The highest BCUT2D eigenvalue weighted by Crippen LogP contribution is 2.13. The van der Waals surface area contributed by atoms with Crippen molar-refractivity contribution in [3.05, 3.63) is 40.9 Å². The quantitative estimate of drug-likeness (QED) is 0.821. The Labute approximate surface area is 115 Å². The number of aromatic amines is 1. The molecule has 2 aromatic rings. The minimum Gasteiger partial charge on any atom is -0.460 e. The second-order valence-corrected chi connectivity index (χ2v) is 4.12. The van der Waals surface area contributed by atoms with Crippen molar-refractivity contribution in [3.63, 3.8) is 0 Å². The molecule has 0 saturated carbocycles. The number of carbonyl (C=O) groups is 1. The summed E-state index contributed by atoms with van der Waals surface area (Å²) in [6.45, 7) is 2.45. The average molecular weight is 281 g/mol. The van der Waals surface area contributed by atoms with Gasteiger partial charge >= 0.3 is 5.97 Å². The van der Waals surface area contributed by atoms with E-state index >= 15 is 0 Å². The maximum Gasteiger partial charge on any atom is 0.378 e. The van der Waals surface area contributed by atoms with Crippen molar-refractivity contribution in [2.75, 3.05) is 11.9 Å². The number of nitrogens with one attached hydrogen (secondary N) is 2. The Morgan fingerprint density at radius 3 is 2.84 bits per heavy atom. The molecule has 1 heterocycles. The number of anilines is 1. The Hall–Kier alpha value is -2.08. The lowest BCUT2D eigenvalue weighted by atomic mass is 10.3. The smallest absolute Gasteiger partial charge is 0.378 e. The maximum absolute atomic E-state index is 11.4. The standard InChI is InChI=1S/C12H13ClN4O2/c1-2-19-12(18)11-15-10(16-17-11)7-14-9-5-3-8(13)4-6-9/h3-6,14H,2,7H2,1H3,(H,15,16,17). The van der Waals surface area contributed by atoms with Gasteiger partial charge in [-0.15, -0.1) is 5.10 Å². The zero-order valence-corrected chi connectivity index (χ0v) is 11.1. The summed E-state index contributed by atoms with van der Waals surface area (Å²) in [6, 6.07) is 7.28. The van der Waals surface area contributed by atoms with Gasteiger partial charge in [0.1, 0.15) is 5.82 Å². The van der Waals surface area contributed by atoms with Gasteiger partial charge in [-0.1, -0.05) is 11.6 Å². The molecular weight excluding hydrogens is 268 g/mol. The largest absolute Gasteiger partial charge is 0.460 e. The Morgan fingerprint density at radius 1 is 1.42 bits per heavy atom. The second kappa shape index (κ2) is 6.19. The fraction of sp³-hybridized carbons (Fsp3) is 0.250. The van der Waals surface area contributed by atoms with Crippen LogP contribution in [0.3, 0.4) is 0 Å². The van der Waals surface area contributed by atoms with Crippen molar-refractivity contribution in [2.45, 2.75) is 13.5 Å². The summed E-state index contributed by atoms with van der Waals surface area (Å²) in [4.78, 5) is 15.4. The highest BCUT2D eigenvalue weighted by molar-refractivity contribution is 6.30. The van der Waals surface area contributed by atoms with Crippen LogP contribution < -0.4 is 5.32 Å². The summed E-state index contributed by atoms with van der Waals surface area (Å²) in [5.41, 5.74) is 0.901. The number of rotatable bonds is 5. The Morgan fingerprint density at radius 2 is 2.16 bits per heavy atom. The van der Waals surface area contributed by atoms with Crippen molar-refractivity contribution < 1.29 is 9.53 Å². The topological polar surface area (TPSA) is 79.9 Å². The van der Waals surface area contributed by atoms with E-state index in [1.165, 1.54) is 0 Å². The van der Waals surface area contributed by atoms with Gasteiger partial charge in [0.15, 0.2) is 0 Å². The molecule has 19 heavy (non-hydrogen) atoms. The fourth-order valence-corrected chi connectivity index (χ4v) is 1.54. The van der Waals surface area contributed by atoms with Crippen LogP contribution in [0.5, 0.6) is 0 Å². The molecule has 100 valence electrons. The van der Waals surface area contributed by atoms with Crippen LogP contribution in [0, 0.1) is 0 Å². The molecule has 0 spiro atoms. The van der Waals surface area contributed by atoms with Crippen LogP contribution in [0.1, 0.15) is 23.4 Å². The number of H-pyrrole nitrogens is 1. The third-order valence-electron chi connectivity index (χ3n) is 2.29. The van der Waals surface area contributed by atoms with Gasteiger partial charge in [-0.2, -0.15) is 0 Å². The summed E-state index contributed by atoms with van der Waals surface area (Å²) in [5, 5.41) is 10.3. The Kier molecular flexibility index (Phi) is 4.35. The van der Waals surface area contributed by atoms with E-state index in [1.54, 1.807) is 19.1 Å². The monoisotopic (exact) mass is 280 g/mol. The molecule has 1 aromatic carbocycles. The predicted molar refractivity (Wildman–Crippen MR) is 71.1 cm³/mol. The van der Waals surface area contributed by atoms with E-state index in [1.807, 2.05) is 12.1 Å². The number of esters is 1. The van der Waals surface area contributed by atoms with Crippen molar-refractivity contribution in [1.29, 1.82) is 0 Å². The molecule has 0 atom stereocenters.